The number of hydrogen-bond donors (Lipinski definition) is 3. The summed E-state index contributed by atoms with van der Waals surface area (Å²) in [5.74, 6) is -2.01. The van der Waals surface area contributed by atoms with Crippen LogP contribution in [0.3, 0.4) is 0 Å². The van der Waals surface area contributed by atoms with Crippen molar-refractivity contribution in [2.75, 3.05) is 35.4 Å². The summed E-state index contributed by atoms with van der Waals surface area (Å²) in [6, 6.07) is 4.21. The van der Waals surface area contributed by atoms with Gasteiger partial charge in [-0.05, 0) is 58.0 Å². The number of nitrogens with one attached hydrogen (secondary N) is 2. The minimum Gasteiger partial charge on any atom is -0.495 e. The van der Waals surface area contributed by atoms with E-state index in [0.717, 1.165) is 11.1 Å². The fourth-order valence-corrected chi connectivity index (χ4v) is 5.53. The molecular formula is C33H49ClN4O10. The summed E-state index contributed by atoms with van der Waals surface area (Å²) in [6.07, 6.45) is 3.36. The van der Waals surface area contributed by atoms with Gasteiger partial charge in [-0.1, -0.05) is 36.2 Å². The monoisotopic (exact) mass is 696 g/mol. The second kappa shape index (κ2) is 18.1. The lowest BCUT2D eigenvalue weighted by molar-refractivity contribution is -0.241. The molecule has 0 bridgehead atoms. The number of nitrogens with zero attached hydrogens (tertiary/aromatic N) is 1. The topological polar surface area (TPSA) is 180 Å². The minimum atomic E-state index is -1.52. The van der Waals surface area contributed by atoms with Gasteiger partial charge in [0.15, 0.2) is 0 Å². The molecule has 2 aliphatic rings. The lowest BCUT2D eigenvalue weighted by Gasteiger charge is -2.40. The lowest BCUT2D eigenvalue weighted by atomic mass is 9.86. The van der Waals surface area contributed by atoms with E-state index >= 15 is 0 Å². The first-order valence-corrected chi connectivity index (χ1v) is 15.8. The number of halogens is 1. The van der Waals surface area contributed by atoms with Crippen LogP contribution < -0.4 is 21.1 Å². The van der Waals surface area contributed by atoms with Gasteiger partial charge in [0, 0.05) is 33.5 Å². The number of likely N-dealkylation sites (N-methyl/N-ethyl adjacent to an activating group) is 1. The molecular weight excluding hydrogens is 648 g/mol. The summed E-state index contributed by atoms with van der Waals surface area (Å²) in [6.45, 7) is 7.04. The highest BCUT2D eigenvalue weighted by molar-refractivity contribution is 6.32. The summed E-state index contributed by atoms with van der Waals surface area (Å²) >= 11 is 6.12. The van der Waals surface area contributed by atoms with Gasteiger partial charge in [0.2, 0.25) is 0 Å². The van der Waals surface area contributed by atoms with Crippen molar-refractivity contribution in [2.24, 2.45) is 11.7 Å². The van der Waals surface area contributed by atoms with Crippen LogP contribution in [0.1, 0.15) is 46.1 Å². The molecule has 1 aromatic rings. The number of allylic oxidation sites excluding steroid dienone is 3. The molecule has 4 N–H and O–H groups in total. The van der Waals surface area contributed by atoms with E-state index in [0.29, 0.717) is 23.5 Å². The Morgan fingerprint density at radius 1 is 1.27 bits per heavy atom. The number of alkyl carbamates (subject to hydrolysis) is 1. The van der Waals surface area contributed by atoms with Gasteiger partial charge in [0.05, 0.1) is 30.9 Å². The lowest BCUT2D eigenvalue weighted by Crippen LogP contribution is -2.59. The van der Waals surface area contributed by atoms with Crippen LogP contribution >= 0.6 is 11.6 Å². The summed E-state index contributed by atoms with van der Waals surface area (Å²) < 4.78 is 34.1. The third-order valence-corrected chi connectivity index (χ3v) is 8.70. The van der Waals surface area contributed by atoms with Crippen LogP contribution in [-0.2, 0) is 39.7 Å². The van der Waals surface area contributed by atoms with Crippen molar-refractivity contribution in [3.63, 3.8) is 0 Å². The molecule has 0 radical (unpaired) electrons. The van der Waals surface area contributed by atoms with E-state index in [1.54, 1.807) is 26.2 Å². The molecule has 0 saturated carbocycles. The Morgan fingerprint density at radius 2 is 1.96 bits per heavy atom. The average Bonchev–Trinajstić information content (AvgIpc) is 3.78. The Morgan fingerprint density at radius 3 is 2.56 bits per heavy atom. The average molecular weight is 697 g/mol. The van der Waals surface area contributed by atoms with Crippen LogP contribution in [-0.4, -0.2) is 101 Å². The number of methoxy groups -OCH3 is 2. The molecule has 7 unspecified atom stereocenters. The number of ether oxygens (including phenoxy) is 6. The second-order valence-electron chi connectivity index (χ2n) is 11.6. The van der Waals surface area contributed by atoms with E-state index in [-0.39, 0.29) is 12.8 Å². The van der Waals surface area contributed by atoms with E-state index in [9.17, 15) is 19.2 Å². The zero-order valence-corrected chi connectivity index (χ0v) is 29.8. The maximum Gasteiger partial charge on any atom is 0.412 e. The van der Waals surface area contributed by atoms with E-state index in [1.807, 2.05) is 32.1 Å². The number of epoxide rings is 1. The molecule has 3 amide bonds. The van der Waals surface area contributed by atoms with Gasteiger partial charge in [-0.15, -0.1) is 0 Å². The number of nitrogens with two attached hydrogens (primary N) is 1. The second-order valence-corrected chi connectivity index (χ2v) is 12.0. The first-order valence-electron chi connectivity index (χ1n) is 15.4. The van der Waals surface area contributed by atoms with Crippen LogP contribution in [0.2, 0.25) is 5.02 Å². The molecule has 0 spiro atoms. The number of urea groups is 1. The van der Waals surface area contributed by atoms with Crippen molar-refractivity contribution in [1.29, 1.82) is 0 Å². The highest BCUT2D eigenvalue weighted by atomic mass is 35.5. The quantitative estimate of drug-likeness (QED) is 0.0608. The van der Waals surface area contributed by atoms with Crippen LogP contribution in [0.15, 0.2) is 42.2 Å². The number of benzene rings is 1. The number of rotatable bonds is 15. The van der Waals surface area contributed by atoms with Gasteiger partial charge in [-0.2, -0.15) is 0 Å². The summed E-state index contributed by atoms with van der Waals surface area (Å²) in [5.41, 5.74) is 5.52. The number of amides is 3. The fourth-order valence-electron chi connectivity index (χ4n) is 5.34. The molecule has 0 aliphatic carbocycles. The number of carbonyl (C=O) groups is 4. The number of carbonyl (C=O) groups excluding carboxylic acids is 4. The number of aldehydes is 1. The van der Waals surface area contributed by atoms with Gasteiger partial charge in [0.1, 0.15) is 35.9 Å². The smallest absolute Gasteiger partial charge is 0.412 e. The Balaban J connectivity index is 0.00000392. The summed E-state index contributed by atoms with van der Waals surface area (Å²) in [4.78, 5) is 50.2. The summed E-state index contributed by atoms with van der Waals surface area (Å²) in [5, 5.41) is 5.58. The normalized spacial score (nSPS) is 25.2. The van der Waals surface area contributed by atoms with Crippen LogP contribution in [0.25, 0.3) is 0 Å². The van der Waals surface area contributed by atoms with Gasteiger partial charge < -0.3 is 49.2 Å². The Bertz CT molecular complexity index is 1340. The van der Waals surface area contributed by atoms with Crippen LogP contribution in [0, 0.1) is 5.92 Å². The summed E-state index contributed by atoms with van der Waals surface area (Å²) in [7, 11) is 7.38. The first kappa shape index (κ1) is 40.3. The molecule has 2 saturated heterocycles. The predicted octanol–water partition coefficient (Wildman–Crippen LogP) is 3.70. The molecule has 268 valence electrons. The molecule has 1 aromatic carbocycles. The third-order valence-electron chi connectivity index (χ3n) is 8.38. The van der Waals surface area contributed by atoms with Crippen molar-refractivity contribution >= 4 is 36.0 Å². The van der Waals surface area contributed by atoms with E-state index in [2.05, 4.69) is 16.4 Å². The third kappa shape index (κ3) is 10.1. The molecule has 2 heterocycles. The van der Waals surface area contributed by atoms with Gasteiger partial charge in [0.25, 0.3) is 5.91 Å². The minimum absolute atomic E-state index is 0.107. The predicted molar refractivity (Wildman–Crippen MR) is 178 cm³/mol. The van der Waals surface area contributed by atoms with E-state index < -0.39 is 59.9 Å². The van der Waals surface area contributed by atoms with Crippen molar-refractivity contribution in [1.82, 2.24) is 15.5 Å². The van der Waals surface area contributed by atoms with Crippen LogP contribution in [0.5, 0.6) is 5.75 Å². The molecule has 2 fully saturated rings. The highest BCUT2D eigenvalue weighted by Crippen LogP contribution is 2.48. The molecule has 7 atom stereocenters. The SMILES string of the molecule is CN.CNC(=O)N(C)C(C)C(=O)OC(CC=O)C1(C)OC1C(C)C1CC(OC)(O/C=C/C=C(\C)Cc2ccc(Cl)c(OC)c2)NC(=O)O1. The molecule has 14 nitrogen and oxygen atoms in total. The molecule has 2 aliphatic heterocycles. The fraction of sp³-hybridized carbons (Fsp3) is 0.576. The number of hydrogen-bond acceptors (Lipinski definition) is 11. The Hall–Kier alpha value is -3.85. The molecule has 3 rings (SSSR count). The van der Waals surface area contributed by atoms with Gasteiger partial charge in [-0.25, -0.2) is 14.4 Å². The van der Waals surface area contributed by atoms with Crippen molar-refractivity contribution in [2.45, 2.75) is 82.8 Å². The Kier molecular flexibility index (Phi) is 15.2. The maximum absolute atomic E-state index is 12.9. The number of esters is 1. The Labute approximate surface area is 287 Å². The van der Waals surface area contributed by atoms with Crippen molar-refractivity contribution in [3.8, 4) is 5.75 Å². The van der Waals surface area contributed by atoms with Gasteiger partial charge >= 0.3 is 18.1 Å². The molecule has 15 heteroatoms. The number of cyclic esters (lactones) is 1. The standard InChI is InChI=1S/C32H44ClN3O10.CH5N/c1-19(16-22-11-12-23(33)24(17-22)41-7)10-9-15-43-32(42-8)18-25(44-30(40)35-32)20(2)27-31(4,46-27)26(13-14-37)45-28(38)21(3)36(6)29(39)34-5;1-2/h9-12,14-15,17,20-21,25-27H,13,16,18H2,1-8H3,(H,34,39)(H,35,40);2H2,1H3/b15-9+,19-10+;. The maximum atomic E-state index is 12.9. The highest BCUT2D eigenvalue weighted by Gasteiger charge is 2.64. The zero-order valence-electron chi connectivity index (χ0n) is 29.0. The zero-order chi connectivity index (χ0) is 36.2. The van der Waals surface area contributed by atoms with Crippen LogP contribution in [0.4, 0.5) is 9.59 Å². The van der Waals surface area contributed by atoms with E-state index in [1.165, 1.54) is 46.3 Å². The first-order chi connectivity index (χ1) is 22.7. The largest absolute Gasteiger partial charge is 0.495 e. The van der Waals surface area contributed by atoms with E-state index in [4.69, 9.17) is 40.0 Å². The molecule has 0 aromatic heterocycles. The van der Waals surface area contributed by atoms with Crippen molar-refractivity contribution < 1.29 is 47.6 Å². The van der Waals surface area contributed by atoms with Gasteiger partial charge in [-0.3, -0.25) is 5.32 Å². The molecule has 48 heavy (non-hydrogen) atoms. The van der Waals surface area contributed by atoms with Crippen molar-refractivity contribution in [3.05, 3.63) is 52.8 Å².